The first-order chi connectivity index (χ1) is 11.6. The molecule has 2 aromatic carbocycles. The molecule has 1 fully saturated rings. The Hall–Kier alpha value is -2.66. The third-order valence-corrected chi connectivity index (χ3v) is 4.19. The second-order valence-corrected chi connectivity index (χ2v) is 6.18. The van der Waals surface area contributed by atoms with Crippen LogP contribution in [0.15, 0.2) is 54.6 Å². The van der Waals surface area contributed by atoms with Crippen LogP contribution < -0.4 is 16.4 Å². The molecule has 0 unspecified atom stereocenters. The smallest absolute Gasteiger partial charge is 0.251 e. The molecule has 0 atom stereocenters. The molecule has 124 valence electrons. The number of hydrogen-bond acceptors (Lipinski definition) is 3. The van der Waals surface area contributed by atoms with Crippen molar-refractivity contribution in [2.24, 2.45) is 5.73 Å². The highest BCUT2D eigenvalue weighted by Crippen LogP contribution is 2.33. The summed E-state index contributed by atoms with van der Waals surface area (Å²) in [4.78, 5) is 24.0. The normalized spacial score (nSPS) is 14.7. The van der Waals surface area contributed by atoms with Crippen molar-refractivity contribution in [2.75, 3.05) is 11.9 Å². The SMILES string of the molecule is NC1(C(=O)Nc2ccc(C(=O)NCCc3ccccc3)cc2)CC1. The van der Waals surface area contributed by atoms with E-state index < -0.39 is 5.54 Å². The van der Waals surface area contributed by atoms with Crippen LogP contribution in [0.3, 0.4) is 0 Å². The van der Waals surface area contributed by atoms with Gasteiger partial charge in [0.25, 0.3) is 5.91 Å². The Kier molecular flexibility index (Phi) is 4.62. The van der Waals surface area contributed by atoms with E-state index in [1.165, 1.54) is 5.56 Å². The summed E-state index contributed by atoms with van der Waals surface area (Å²) in [6.07, 6.45) is 2.24. The van der Waals surface area contributed by atoms with Crippen molar-refractivity contribution in [1.29, 1.82) is 0 Å². The predicted molar refractivity (Wildman–Crippen MR) is 93.7 cm³/mol. The van der Waals surface area contributed by atoms with Crippen molar-refractivity contribution in [3.63, 3.8) is 0 Å². The summed E-state index contributed by atoms with van der Waals surface area (Å²) in [7, 11) is 0. The Morgan fingerprint density at radius 3 is 2.29 bits per heavy atom. The van der Waals surface area contributed by atoms with Crippen molar-refractivity contribution < 1.29 is 9.59 Å². The fraction of sp³-hybridized carbons (Fsp3) is 0.263. The van der Waals surface area contributed by atoms with Crippen molar-refractivity contribution >= 4 is 17.5 Å². The Balaban J connectivity index is 1.49. The molecule has 0 spiro atoms. The average Bonchev–Trinajstić information content (AvgIpc) is 3.35. The monoisotopic (exact) mass is 323 g/mol. The molecule has 0 aromatic heterocycles. The predicted octanol–water partition coefficient (Wildman–Crippen LogP) is 2.09. The van der Waals surface area contributed by atoms with Crippen LogP contribution in [0.5, 0.6) is 0 Å². The van der Waals surface area contributed by atoms with E-state index in [0.29, 0.717) is 17.8 Å². The summed E-state index contributed by atoms with van der Waals surface area (Å²) >= 11 is 0. The topological polar surface area (TPSA) is 84.2 Å². The first kappa shape index (κ1) is 16.2. The molecule has 0 bridgehead atoms. The lowest BCUT2D eigenvalue weighted by Gasteiger charge is -2.10. The number of anilines is 1. The maximum atomic E-state index is 12.1. The first-order valence-electron chi connectivity index (χ1n) is 8.09. The molecule has 0 radical (unpaired) electrons. The summed E-state index contributed by atoms with van der Waals surface area (Å²) in [5.41, 5.74) is 7.54. The number of hydrogen-bond donors (Lipinski definition) is 3. The molecule has 0 saturated heterocycles. The van der Waals surface area contributed by atoms with Crippen LogP contribution in [0.2, 0.25) is 0 Å². The number of nitrogens with one attached hydrogen (secondary N) is 2. The molecule has 5 heteroatoms. The van der Waals surface area contributed by atoms with Gasteiger partial charge < -0.3 is 16.4 Å². The van der Waals surface area contributed by atoms with Crippen LogP contribution in [0.4, 0.5) is 5.69 Å². The molecule has 0 heterocycles. The second-order valence-electron chi connectivity index (χ2n) is 6.18. The quantitative estimate of drug-likeness (QED) is 0.761. The molecule has 1 aliphatic carbocycles. The van der Waals surface area contributed by atoms with Gasteiger partial charge in [-0.15, -0.1) is 0 Å². The Morgan fingerprint density at radius 1 is 1.00 bits per heavy atom. The van der Waals surface area contributed by atoms with E-state index in [0.717, 1.165) is 19.3 Å². The van der Waals surface area contributed by atoms with Gasteiger partial charge in [-0.25, -0.2) is 0 Å². The van der Waals surface area contributed by atoms with E-state index >= 15 is 0 Å². The van der Waals surface area contributed by atoms with Gasteiger partial charge in [0.05, 0.1) is 5.54 Å². The molecule has 0 aliphatic heterocycles. The molecule has 1 aliphatic rings. The minimum absolute atomic E-state index is 0.124. The summed E-state index contributed by atoms with van der Waals surface area (Å²) in [6, 6.07) is 16.8. The number of benzene rings is 2. The summed E-state index contributed by atoms with van der Waals surface area (Å²) in [5, 5.41) is 5.68. The third kappa shape index (κ3) is 4.00. The second kappa shape index (κ2) is 6.84. The van der Waals surface area contributed by atoms with Crippen LogP contribution in [-0.4, -0.2) is 23.9 Å². The minimum Gasteiger partial charge on any atom is -0.352 e. The maximum absolute atomic E-state index is 12.1. The third-order valence-electron chi connectivity index (χ3n) is 4.19. The maximum Gasteiger partial charge on any atom is 0.251 e. The number of carbonyl (C=O) groups excluding carboxylic acids is 2. The minimum atomic E-state index is -0.701. The molecule has 5 nitrogen and oxygen atoms in total. The fourth-order valence-electron chi connectivity index (χ4n) is 2.39. The standard InChI is InChI=1S/C19H21N3O2/c20-19(11-12-19)18(24)22-16-8-6-15(7-9-16)17(23)21-13-10-14-4-2-1-3-5-14/h1-9H,10-13,20H2,(H,21,23)(H,22,24). The van der Waals surface area contributed by atoms with Gasteiger partial charge in [0.2, 0.25) is 5.91 Å². The van der Waals surface area contributed by atoms with E-state index in [4.69, 9.17) is 5.73 Å². The Labute approximate surface area is 141 Å². The number of rotatable bonds is 6. The van der Waals surface area contributed by atoms with Crippen LogP contribution in [0, 0.1) is 0 Å². The van der Waals surface area contributed by atoms with Gasteiger partial charge in [-0.05, 0) is 49.1 Å². The van der Waals surface area contributed by atoms with E-state index in [9.17, 15) is 9.59 Å². The number of nitrogens with two attached hydrogens (primary N) is 1. The summed E-state index contributed by atoms with van der Waals surface area (Å²) in [6.45, 7) is 0.580. The molecular formula is C19H21N3O2. The fourth-order valence-corrected chi connectivity index (χ4v) is 2.39. The molecule has 4 N–H and O–H groups in total. The van der Waals surface area contributed by atoms with Gasteiger partial charge in [-0.3, -0.25) is 9.59 Å². The lowest BCUT2D eigenvalue weighted by molar-refractivity contribution is -0.118. The molecule has 1 saturated carbocycles. The van der Waals surface area contributed by atoms with E-state index in [-0.39, 0.29) is 11.8 Å². The van der Waals surface area contributed by atoms with Crippen LogP contribution in [0.1, 0.15) is 28.8 Å². The summed E-state index contributed by atoms with van der Waals surface area (Å²) < 4.78 is 0. The zero-order valence-electron chi connectivity index (χ0n) is 13.4. The highest BCUT2D eigenvalue weighted by Gasteiger charge is 2.45. The number of amides is 2. The molecule has 2 aromatic rings. The van der Waals surface area contributed by atoms with Crippen molar-refractivity contribution in [2.45, 2.75) is 24.8 Å². The average molecular weight is 323 g/mol. The van der Waals surface area contributed by atoms with E-state index in [1.54, 1.807) is 24.3 Å². The van der Waals surface area contributed by atoms with Gasteiger partial charge >= 0.3 is 0 Å². The Morgan fingerprint density at radius 2 is 1.67 bits per heavy atom. The summed E-state index contributed by atoms with van der Waals surface area (Å²) in [5.74, 6) is -0.288. The highest BCUT2D eigenvalue weighted by molar-refractivity contribution is 6.00. The lowest BCUT2D eigenvalue weighted by Crippen LogP contribution is -2.37. The zero-order valence-corrected chi connectivity index (χ0v) is 13.4. The van der Waals surface area contributed by atoms with Gasteiger partial charge in [0.1, 0.15) is 0 Å². The lowest BCUT2D eigenvalue weighted by atomic mass is 10.1. The molecule has 3 rings (SSSR count). The van der Waals surface area contributed by atoms with E-state index in [2.05, 4.69) is 10.6 Å². The van der Waals surface area contributed by atoms with Gasteiger partial charge in [-0.2, -0.15) is 0 Å². The van der Waals surface area contributed by atoms with Crippen LogP contribution in [0.25, 0.3) is 0 Å². The molecule has 2 amide bonds. The van der Waals surface area contributed by atoms with Crippen LogP contribution >= 0.6 is 0 Å². The van der Waals surface area contributed by atoms with Gasteiger partial charge in [0, 0.05) is 17.8 Å². The molecule has 24 heavy (non-hydrogen) atoms. The highest BCUT2D eigenvalue weighted by atomic mass is 16.2. The van der Waals surface area contributed by atoms with Gasteiger partial charge in [0.15, 0.2) is 0 Å². The Bertz CT molecular complexity index is 722. The van der Waals surface area contributed by atoms with Crippen molar-refractivity contribution in [3.8, 4) is 0 Å². The van der Waals surface area contributed by atoms with Crippen molar-refractivity contribution in [3.05, 3.63) is 65.7 Å². The van der Waals surface area contributed by atoms with Gasteiger partial charge in [-0.1, -0.05) is 30.3 Å². The number of carbonyl (C=O) groups is 2. The first-order valence-corrected chi connectivity index (χ1v) is 8.09. The zero-order chi connectivity index (χ0) is 17.0. The van der Waals surface area contributed by atoms with Crippen LogP contribution in [-0.2, 0) is 11.2 Å². The molecular weight excluding hydrogens is 302 g/mol. The van der Waals surface area contributed by atoms with Crippen molar-refractivity contribution in [1.82, 2.24) is 5.32 Å². The largest absolute Gasteiger partial charge is 0.352 e. The van der Waals surface area contributed by atoms with E-state index in [1.807, 2.05) is 30.3 Å².